The van der Waals surface area contributed by atoms with Crippen LogP contribution in [0, 0.1) is 0 Å². The molecule has 1 aromatic heterocycles. The summed E-state index contributed by atoms with van der Waals surface area (Å²) in [7, 11) is 0. The first-order valence-corrected chi connectivity index (χ1v) is 9.91. The van der Waals surface area contributed by atoms with Crippen molar-refractivity contribution in [3.8, 4) is 5.88 Å². The monoisotopic (exact) mass is 559 g/mol. The number of nitrogens with one attached hydrogen (secondary N) is 2. The van der Waals surface area contributed by atoms with Crippen molar-refractivity contribution in [2.24, 2.45) is 4.99 Å². The molecule has 8 nitrogen and oxygen atoms in total. The largest absolute Gasteiger partial charge is 0.468 e. The maximum atomic E-state index is 12.2. The van der Waals surface area contributed by atoms with Crippen LogP contribution in [0.15, 0.2) is 23.3 Å². The Bertz CT molecular complexity index is 696. The van der Waals surface area contributed by atoms with Crippen LogP contribution in [0.4, 0.5) is 18.0 Å². The third-order valence-electron chi connectivity index (χ3n) is 4.31. The molecule has 0 unspecified atom stereocenters. The fourth-order valence-electron chi connectivity index (χ4n) is 2.85. The van der Waals surface area contributed by atoms with Crippen molar-refractivity contribution in [2.45, 2.75) is 45.5 Å². The normalized spacial score (nSPS) is 15.1. The standard InChI is InChI=1S/C19H28F3N5O3.HI/c1-3-23-17(26-15-7-9-27(10-8-15)18(28)29-4-2)25-12-14-5-6-16(24-11-14)30-13-19(20,21)22;/h5-6,11,15H,3-4,7-10,12-13H2,1-2H3,(H2,23,25,26);1H. The smallest absolute Gasteiger partial charge is 0.422 e. The Morgan fingerprint density at radius 2 is 2.00 bits per heavy atom. The van der Waals surface area contributed by atoms with Crippen LogP contribution in [0.1, 0.15) is 32.3 Å². The number of amides is 1. The average molecular weight is 559 g/mol. The minimum Gasteiger partial charge on any atom is -0.468 e. The Hall–Kier alpha value is -1.99. The molecule has 0 aromatic carbocycles. The second kappa shape index (κ2) is 13.4. The predicted molar refractivity (Wildman–Crippen MR) is 121 cm³/mol. The summed E-state index contributed by atoms with van der Waals surface area (Å²) in [6.45, 7) is 4.93. The summed E-state index contributed by atoms with van der Waals surface area (Å²) in [5.41, 5.74) is 0.740. The van der Waals surface area contributed by atoms with Crippen molar-refractivity contribution in [2.75, 3.05) is 32.8 Å². The number of alkyl halides is 3. The lowest BCUT2D eigenvalue weighted by Crippen LogP contribution is -2.49. The second-order valence-corrected chi connectivity index (χ2v) is 6.71. The minimum absolute atomic E-state index is 0. The van der Waals surface area contributed by atoms with E-state index < -0.39 is 12.8 Å². The number of aromatic nitrogens is 1. The first kappa shape index (κ1) is 27.0. The van der Waals surface area contributed by atoms with E-state index in [2.05, 4.69) is 25.3 Å². The second-order valence-electron chi connectivity index (χ2n) is 6.71. The molecular weight excluding hydrogens is 530 g/mol. The van der Waals surface area contributed by atoms with E-state index in [4.69, 9.17) is 4.74 Å². The van der Waals surface area contributed by atoms with Crippen LogP contribution in [0.3, 0.4) is 0 Å². The van der Waals surface area contributed by atoms with Gasteiger partial charge in [0, 0.05) is 37.9 Å². The zero-order valence-electron chi connectivity index (χ0n) is 17.6. The number of aliphatic imine (C=N–C) groups is 1. The van der Waals surface area contributed by atoms with Gasteiger partial charge in [0.25, 0.3) is 0 Å². The van der Waals surface area contributed by atoms with Crippen molar-refractivity contribution < 1.29 is 27.4 Å². The number of piperidine rings is 1. The van der Waals surface area contributed by atoms with Gasteiger partial charge in [0.15, 0.2) is 12.6 Å². The van der Waals surface area contributed by atoms with Crippen molar-refractivity contribution in [3.63, 3.8) is 0 Å². The summed E-state index contributed by atoms with van der Waals surface area (Å²) in [6.07, 6.45) is -1.70. The lowest BCUT2D eigenvalue weighted by atomic mass is 10.1. The van der Waals surface area contributed by atoms with Crippen molar-refractivity contribution >= 4 is 36.0 Å². The molecule has 0 spiro atoms. The fourth-order valence-corrected chi connectivity index (χ4v) is 2.85. The highest BCUT2D eigenvalue weighted by atomic mass is 127. The number of carbonyl (C=O) groups is 1. The number of ether oxygens (including phenoxy) is 2. The molecule has 2 heterocycles. The van der Waals surface area contributed by atoms with Gasteiger partial charge in [-0.3, -0.25) is 0 Å². The third kappa shape index (κ3) is 10.2. The lowest BCUT2D eigenvalue weighted by Gasteiger charge is -2.32. The van der Waals surface area contributed by atoms with E-state index >= 15 is 0 Å². The van der Waals surface area contributed by atoms with E-state index in [1.54, 1.807) is 17.9 Å². The number of likely N-dealkylation sites (tertiary alicyclic amines) is 1. The van der Waals surface area contributed by atoms with Crippen molar-refractivity contribution in [3.05, 3.63) is 23.9 Å². The molecule has 0 saturated carbocycles. The van der Waals surface area contributed by atoms with Crippen LogP contribution < -0.4 is 15.4 Å². The quantitative estimate of drug-likeness (QED) is 0.303. The van der Waals surface area contributed by atoms with E-state index in [1.807, 2.05) is 6.92 Å². The summed E-state index contributed by atoms with van der Waals surface area (Å²) in [6, 6.07) is 3.19. The summed E-state index contributed by atoms with van der Waals surface area (Å²) < 4.78 is 46.2. The van der Waals surface area contributed by atoms with E-state index in [0.717, 1.165) is 18.4 Å². The lowest BCUT2D eigenvalue weighted by molar-refractivity contribution is -0.154. The molecule has 1 fully saturated rings. The van der Waals surface area contributed by atoms with Crippen LogP contribution in [0.2, 0.25) is 0 Å². The highest BCUT2D eigenvalue weighted by Gasteiger charge is 2.28. The maximum absolute atomic E-state index is 12.2. The highest BCUT2D eigenvalue weighted by molar-refractivity contribution is 14.0. The molecule has 0 bridgehead atoms. The molecule has 2 N–H and O–H groups in total. The Morgan fingerprint density at radius 1 is 1.29 bits per heavy atom. The minimum atomic E-state index is -4.40. The summed E-state index contributed by atoms with van der Waals surface area (Å²) in [4.78, 5) is 21.9. The molecule has 1 aliphatic rings. The van der Waals surface area contributed by atoms with Gasteiger partial charge in [-0.05, 0) is 32.3 Å². The number of carbonyl (C=O) groups excluding carboxylic acids is 1. The number of guanidine groups is 1. The van der Waals surface area contributed by atoms with Crippen LogP contribution in [-0.2, 0) is 11.3 Å². The Morgan fingerprint density at radius 3 is 2.55 bits per heavy atom. The van der Waals surface area contributed by atoms with Crippen molar-refractivity contribution in [1.29, 1.82) is 0 Å². The van der Waals surface area contributed by atoms with Gasteiger partial charge < -0.3 is 25.0 Å². The molecule has 176 valence electrons. The molecule has 1 amide bonds. The Labute approximate surface area is 197 Å². The van der Waals surface area contributed by atoms with E-state index in [1.165, 1.54) is 12.3 Å². The molecule has 31 heavy (non-hydrogen) atoms. The molecule has 12 heteroatoms. The first-order chi connectivity index (χ1) is 14.3. The van der Waals surface area contributed by atoms with Gasteiger partial charge in [-0.1, -0.05) is 6.07 Å². The third-order valence-corrected chi connectivity index (χ3v) is 4.31. The predicted octanol–water partition coefficient (Wildman–Crippen LogP) is 3.32. The molecule has 1 aromatic rings. The van der Waals surface area contributed by atoms with Gasteiger partial charge in [0.2, 0.25) is 5.88 Å². The SMILES string of the molecule is CCNC(=NCc1ccc(OCC(F)(F)F)nc1)NC1CCN(C(=O)OCC)CC1.I. The number of hydrogen-bond acceptors (Lipinski definition) is 5. The van der Waals surface area contributed by atoms with Crippen molar-refractivity contribution in [1.82, 2.24) is 20.5 Å². The molecule has 0 radical (unpaired) electrons. The molecule has 2 rings (SSSR count). The van der Waals surface area contributed by atoms with Gasteiger partial charge in [0.1, 0.15) is 0 Å². The number of pyridine rings is 1. The number of hydrogen-bond donors (Lipinski definition) is 2. The van der Waals surface area contributed by atoms with Crippen LogP contribution in [0.25, 0.3) is 0 Å². The maximum Gasteiger partial charge on any atom is 0.422 e. The first-order valence-electron chi connectivity index (χ1n) is 9.91. The Kier molecular flexibility index (Phi) is 11.7. The van der Waals surface area contributed by atoms with Crippen LogP contribution in [-0.4, -0.2) is 67.0 Å². The molecule has 1 saturated heterocycles. The summed E-state index contributed by atoms with van der Waals surface area (Å²) >= 11 is 0. The molecule has 0 atom stereocenters. The molecular formula is C19H29F3IN5O3. The summed E-state index contributed by atoms with van der Waals surface area (Å²) in [5, 5.41) is 6.52. The number of rotatable bonds is 7. The van der Waals surface area contributed by atoms with Gasteiger partial charge >= 0.3 is 12.3 Å². The van der Waals surface area contributed by atoms with E-state index in [-0.39, 0.29) is 42.0 Å². The Balaban J connectivity index is 0.00000480. The van der Waals surface area contributed by atoms with Gasteiger partial charge in [-0.25, -0.2) is 14.8 Å². The van der Waals surface area contributed by atoms with Gasteiger partial charge in [-0.2, -0.15) is 13.2 Å². The number of nitrogens with zero attached hydrogens (tertiary/aromatic N) is 3. The average Bonchev–Trinajstić information content (AvgIpc) is 2.71. The highest BCUT2D eigenvalue weighted by Crippen LogP contribution is 2.17. The van der Waals surface area contributed by atoms with Crippen LogP contribution in [0.5, 0.6) is 5.88 Å². The summed E-state index contributed by atoms with van der Waals surface area (Å²) in [5.74, 6) is 0.544. The fraction of sp³-hybridized carbons (Fsp3) is 0.632. The zero-order chi connectivity index (χ0) is 22.0. The van der Waals surface area contributed by atoms with Crippen LogP contribution >= 0.6 is 24.0 Å². The van der Waals surface area contributed by atoms with Gasteiger partial charge in [0.05, 0.1) is 13.2 Å². The topological polar surface area (TPSA) is 88.1 Å². The molecule has 0 aliphatic carbocycles. The molecule has 1 aliphatic heterocycles. The van der Waals surface area contributed by atoms with E-state index in [0.29, 0.717) is 38.7 Å². The zero-order valence-corrected chi connectivity index (χ0v) is 19.9. The van der Waals surface area contributed by atoms with E-state index in [9.17, 15) is 18.0 Å². The number of halogens is 4. The van der Waals surface area contributed by atoms with Gasteiger partial charge in [-0.15, -0.1) is 24.0 Å².